The molecular formula is C34H25N3O6. The second-order valence-electron chi connectivity index (χ2n) is 10.8. The van der Waals surface area contributed by atoms with E-state index in [0.717, 1.165) is 22.3 Å². The quantitative estimate of drug-likeness (QED) is 0.214. The van der Waals surface area contributed by atoms with E-state index >= 15 is 0 Å². The first-order valence-corrected chi connectivity index (χ1v) is 13.9. The Hall–Kier alpha value is -5.57. The normalized spacial score (nSPS) is 21.0. The molecule has 8 rings (SSSR count). The standard InChI is InChI=1S/C34H25N3O6/c38-26(35-36-31(39)19-9-2-1-3-10-19)18-43-34(42)20-11-8-12-21(17-20)37-32(40)29-27-22-13-4-5-14-23(22)28(30(29)33(37)41)25-16-7-6-15-24(25)27/h1-17,27-30H,18H2,(H,35,38)(H,36,39)/t27?,28?,29-,30-/m0/s1. The lowest BCUT2D eigenvalue weighted by Crippen LogP contribution is -2.43. The molecule has 0 unspecified atom stereocenters. The number of anilines is 1. The van der Waals surface area contributed by atoms with Crippen molar-refractivity contribution in [3.05, 3.63) is 137 Å². The number of imide groups is 1. The first-order valence-electron chi connectivity index (χ1n) is 13.9. The number of nitrogens with zero attached hydrogens (tertiary/aromatic N) is 1. The molecule has 4 aromatic carbocycles. The molecule has 4 aliphatic rings. The van der Waals surface area contributed by atoms with Crippen LogP contribution < -0.4 is 15.8 Å². The minimum atomic E-state index is -0.817. The molecule has 2 N–H and O–H groups in total. The molecule has 2 bridgehead atoms. The van der Waals surface area contributed by atoms with Crippen LogP contribution in [0.25, 0.3) is 0 Å². The molecule has 43 heavy (non-hydrogen) atoms. The average molecular weight is 572 g/mol. The summed E-state index contributed by atoms with van der Waals surface area (Å²) in [5.74, 6) is -4.24. The van der Waals surface area contributed by atoms with E-state index in [1.165, 1.54) is 17.0 Å². The van der Waals surface area contributed by atoms with Gasteiger partial charge in [-0.05, 0) is 52.6 Å². The van der Waals surface area contributed by atoms with Gasteiger partial charge in [-0.3, -0.25) is 30.0 Å². The maximum atomic E-state index is 14.0. The first kappa shape index (κ1) is 26.3. The van der Waals surface area contributed by atoms with Gasteiger partial charge >= 0.3 is 5.97 Å². The number of carbonyl (C=O) groups excluding carboxylic acids is 5. The van der Waals surface area contributed by atoms with Gasteiger partial charge in [0.25, 0.3) is 11.8 Å². The number of esters is 1. The zero-order valence-corrected chi connectivity index (χ0v) is 22.7. The van der Waals surface area contributed by atoms with Crippen molar-refractivity contribution in [2.75, 3.05) is 11.5 Å². The Balaban J connectivity index is 1.08. The van der Waals surface area contributed by atoms with Crippen LogP contribution >= 0.6 is 0 Å². The summed E-state index contributed by atoms with van der Waals surface area (Å²) in [7, 11) is 0. The summed E-state index contributed by atoms with van der Waals surface area (Å²) in [6.07, 6.45) is 0. The van der Waals surface area contributed by atoms with E-state index in [1.54, 1.807) is 42.5 Å². The van der Waals surface area contributed by atoms with Gasteiger partial charge in [-0.2, -0.15) is 0 Å². The van der Waals surface area contributed by atoms with Gasteiger partial charge in [0, 0.05) is 17.4 Å². The summed E-state index contributed by atoms with van der Waals surface area (Å²) in [5, 5.41) is 0. The van der Waals surface area contributed by atoms with Crippen molar-refractivity contribution in [3.63, 3.8) is 0 Å². The Labute approximate surface area is 246 Å². The molecule has 212 valence electrons. The van der Waals surface area contributed by atoms with Crippen molar-refractivity contribution in [3.8, 4) is 0 Å². The van der Waals surface area contributed by atoms with E-state index in [0.29, 0.717) is 5.56 Å². The minimum absolute atomic E-state index is 0.0728. The van der Waals surface area contributed by atoms with Crippen LogP contribution in [0.5, 0.6) is 0 Å². The van der Waals surface area contributed by atoms with Gasteiger partial charge in [0.05, 0.1) is 23.1 Å². The highest BCUT2D eigenvalue weighted by atomic mass is 16.5. The predicted octanol–water partition coefficient (Wildman–Crippen LogP) is 3.70. The van der Waals surface area contributed by atoms with Gasteiger partial charge in [-0.15, -0.1) is 0 Å². The molecule has 1 heterocycles. The first-order chi connectivity index (χ1) is 20.9. The summed E-state index contributed by atoms with van der Waals surface area (Å²) in [5.41, 5.74) is 9.45. The molecule has 9 heteroatoms. The Morgan fingerprint density at radius 3 is 1.70 bits per heavy atom. The van der Waals surface area contributed by atoms with Crippen LogP contribution in [0.4, 0.5) is 5.69 Å². The molecule has 2 atom stereocenters. The predicted molar refractivity (Wildman–Crippen MR) is 155 cm³/mol. The summed E-state index contributed by atoms with van der Waals surface area (Å²) < 4.78 is 5.13. The lowest BCUT2D eigenvalue weighted by atomic mass is 9.55. The van der Waals surface area contributed by atoms with E-state index in [1.807, 2.05) is 48.5 Å². The number of amides is 4. The van der Waals surface area contributed by atoms with Gasteiger partial charge in [-0.1, -0.05) is 72.8 Å². The number of ether oxygens (including phenoxy) is 1. The topological polar surface area (TPSA) is 122 Å². The van der Waals surface area contributed by atoms with Gasteiger partial charge in [-0.25, -0.2) is 9.69 Å². The fourth-order valence-corrected chi connectivity index (χ4v) is 6.74. The third-order valence-corrected chi connectivity index (χ3v) is 8.47. The van der Waals surface area contributed by atoms with E-state index in [-0.39, 0.29) is 34.9 Å². The molecule has 4 amide bonds. The lowest BCUT2D eigenvalue weighted by Gasteiger charge is -2.45. The van der Waals surface area contributed by atoms with E-state index in [2.05, 4.69) is 10.9 Å². The number of benzene rings is 4. The number of hydrogen-bond acceptors (Lipinski definition) is 6. The lowest BCUT2D eigenvalue weighted by molar-refractivity contribution is -0.125. The van der Waals surface area contributed by atoms with Crippen molar-refractivity contribution in [2.45, 2.75) is 11.8 Å². The third-order valence-electron chi connectivity index (χ3n) is 8.47. The molecule has 3 aliphatic carbocycles. The summed E-state index contributed by atoms with van der Waals surface area (Å²) in [6.45, 7) is -0.649. The van der Waals surface area contributed by atoms with Crippen LogP contribution in [-0.2, 0) is 19.1 Å². The van der Waals surface area contributed by atoms with E-state index in [4.69, 9.17) is 4.74 Å². The molecule has 0 aromatic heterocycles. The maximum absolute atomic E-state index is 14.0. The zero-order valence-electron chi connectivity index (χ0n) is 22.7. The molecule has 1 fully saturated rings. The Morgan fingerprint density at radius 2 is 1.14 bits per heavy atom. The zero-order chi connectivity index (χ0) is 29.7. The second kappa shape index (κ2) is 10.4. The highest BCUT2D eigenvalue weighted by Gasteiger charge is 2.61. The Kier molecular flexibility index (Phi) is 6.35. The smallest absolute Gasteiger partial charge is 0.338 e. The monoisotopic (exact) mass is 571 g/mol. The van der Waals surface area contributed by atoms with Crippen molar-refractivity contribution >= 4 is 35.3 Å². The van der Waals surface area contributed by atoms with E-state index in [9.17, 15) is 24.0 Å². The molecule has 1 aliphatic heterocycles. The molecule has 0 saturated carbocycles. The second-order valence-corrected chi connectivity index (χ2v) is 10.8. The largest absolute Gasteiger partial charge is 0.452 e. The third kappa shape index (κ3) is 4.28. The molecule has 9 nitrogen and oxygen atoms in total. The van der Waals surface area contributed by atoms with Crippen molar-refractivity contribution in [1.29, 1.82) is 0 Å². The van der Waals surface area contributed by atoms with Crippen LogP contribution in [0, 0.1) is 11.8 Å². The minimum Gasteiger partial charge on any atom is -0.452 e. The molecule has 4 aromatic rings. The average Bonchev–Trinajstić information content (AvgIpc) is 3.32. The Morgan fingerprint density at radius 1 is 0.628 bits per heavy atom. The molecule has 0 radical (unpaired) electrons. The SMILES string of the molecule is O=C(COC(=O)c1cccc(N2C(=O)[C@H]3C4c5ccccc5C(c5ccccc54)[C@@H]3C2=O)c1)NNC(=O)c1ccccc1. The van der Waals surface area contributed by atoms with Gasteiger partial charge < -0.3 is 4.74 Å². The highest BCUT2D eigenvalue weighted by molar-refractivity contribution is 6.23. The van der Waals surface area contributed by atoms with Gasteiger partial charge in [0.1, 0.15) is 0 Å². The van der Waals surface area contributed by atoms with Crippen LogP contribution in [0.2, 0.25) is 0 Å². The number of rotatable bonds is 5. The van der Waals surface area contributed by atoms with Gasteiger partial charge in [0.15, 0.2) is 6.61 Å². The van der Waals surface area contributed by atoms with Gasteiger partial charge in [0.2, 0.25) is 11.8 Å². The van der Waals surface area contributed by atoms with Crippen LogP contribution in [0.3, 0.4) is 0 Å². The highest BCUT2D eigenvalue weighted by Crippen LogP contribution is 2.61. The summed E-state index contributed by atoms with van der Waals surface area (Å²) >= 11 is 0. The number of hydrogen-bond donors (Lipinski definition) is 2. The summed E-state index contributed by atoms with van der Waals surface area (Å²) in [6, 6.07) is 30.4. The summed E-state index contributed by atoms with van der Waals surface area (Å²) in [4.78, 5) is 66.3. The molecule has 1 saturated heterocycles. The fraction of sp³-hybridized carbons (Fsp3) is 0.147. The van der Waals surface area contributed by atoms with Crippen LogP contribution in [-0.4, -0.2) is 36.2 Å². The van der Waals surface area contributed by atoms with Crippen molar-refractivity contribution < 1.29 is 28.7 Å². The van der Waals surface area contributed by atoms with Crippen molar-refractivity contribution in [1.82, 2.24) is 10.9 Å². The number of carbonyl (C=O) groups is 5. The number of hydrazine groups is 1. The van der Waals surface area contributed by atoms with Crippen LogP contribution in [0.15, 0.2) is 103 Å². The number of nitrogens with one attached hydrogen (secondary N) is 2. The molecular weight excluding hydrogens is 546 g/mol. The Bertz CT molecular complexity index is 1700. The van der Waals surface area contributed by atoms with Crippen LogP contribution in [0.1, 0.15) is 54.8 Å². The molecule has 0 spiro atoms. The van der Waals surface area contributed by atoms with E-state index < -0.39 is 36.2 Å². The fourth-order valence-electron chi connectivity index (χ4n) is 6.74. The maximum Gasteiger partial charge on any atom is 0.338 e. The van der Waals surface area contributed by atoms with Crippen molar-refractivity contribution in [2.24, 2.45) is 11.8 Å².